The van der Waals surface area contributed by atoms with Gasteiger partial charge in [-0.3, -0.25) is 4.79 Å². The Balaban J connectivity index is 0.00000114. The second-order valence-electron chi connectivity index (χ2n) is 6.65. The maximum atomic E-state index is 12.5. The van der Waals surface area contributed by atoms with Gasteiger partial charge in [0, 0.05) is 29.7 Å². The number of likely N-dealkylation sites (tertiary alicyclic amines) is 1. The number of hydrogen-bond donors (Lipinski definition) is 3. The number of halogens is 1. The molecule has 1 amide bonds. The lowest BCUT2D eigenvalue weighted by molar-refractivity contribution is -0.191. The van der Waals surface area contributed by atoms with Crippen molar-refractivity contribution in [1.82, 2.24) is 4.90 Å². The number of hydrogen-bond acceptors (Lipinski definition) is 6. The van der Waals surface area contributed by atoms with E-state index in [9.17, 15) is 4.79 Å². The molecule has 1 atom stereocenters. The van der Waals surface area contributed by atoms with Crippen molar-refractivity contribution < 1.29 is 24.4 Å². The first-order valence-corrected chi connectivity index (χ1v) is 9.42. The zero-order valence-corrected chi connectivity index (χ0v) is 16.0. The molecule has 1 aliphatic heterocycles. The Bertz CT molecular complexity index is 600. The van der Waals surface area contributed by atoms with Crippen LogP contribution in [-0.2, 0) is 9.59 Å². The third kappa shape index (κ3) is 8.69. The van der Waals surface area contributed by atoms with E-state index in [4.69, 9.17) is 37.0 Å². The molecule has 7 nitrogen and oxygen atoms in total. The van der Waals surface area contributed by atoms with Crippen molar-refractivity contribution in [2.45, 2.75) is 44.5 Å². The van der Waals surface area contributed by atoms with E-state index >= 15 is 0 Å². The van der Waals surface area contributed by atoms with Crippen molar-refractivity contribution in [1.29, 1.82) is 0 Å². The molecule has 1 fully saturated rings. The number of nitrogens with two attached hydrogens (primary N) is 1. The lowest BCUT2D eigenvalue weighted by Crippen LogP contribution is -2.43. The lowest BCUT2D eigenvalue weighted by Gasteiger charge is -2.35. The largest absolute Gasteiger partial charge is 0.451 e. The molecule has 0 spiro atoms. The SMILES string of the molecule is NC(CCCCB(O)O)C1CCN(C(=O)c2ccc(Cl)cc2)CC1.O=C=O. The number of piperidine rings is 1. The van der Waals surface area contributed by atoms with Gasteiger partial charge in [0.1, 0.15) is 0 Å². The van der Waals surface area contributed by atoms with Gasteiger partial charge in [0.05, 0.1) is 0 Å². The van der Waals surface area contributed by atoms with E-state index in [1.807, 2.05) is 4.90 Å². The van der Waals surface area contributed by atoms with Gasteiger partial charge in [0.25, 0.3) is 5.91 Å². The molecule has 1 aromatic rings. The zero-order chi connectivity index (χ0) is 20.2. The van der Waals surface area contributed by atoms with Crippen molar-refractivity contribution in [2.24, 2.45) is 11.7 Å². The lowest BCUT2D eigenvalue weighted by atomic mass is 9.82. The molecule has 1 aromatic carbocycles. The summed E-state index contributed by atoms with van der Waals surface area (Å²) in [5.74, 6) is 0.480. The summed E-state index contributed by atoms with van der Waals surface area (Å²) >= 11 is 5.86. The second-order valence-corrected chi connectivity index (χ2v) is 7.09. The summed E-state index contributed by atoms with van der Waals surface area (Å²) in [5.41, 5.74) is 6.94. The summed E-state index contributed by atoms with van der Waals surface area (Å²) in [4.78, 5) is 30.6. The number of carbonyl (C=O) groups is 1. The Morgan fingerprint density at radius 2 is 1.78 bits per heavy atom. The molecule has 27 heavy (non-hydrogen) atoms. The fourth-order valence-corrected chi connectivity index (χ4v) is 3.37. The van der Waals surface area contributed by atoms with Gasteiger partial charge >= 0.3 is 13.3 Å². The molecule has 1 unspecified atom stereocenters. The average molecular weight is 397 g/mol. The summed E-state index contributed by atoms with van der Waals surface area (Å²) < 4.78 is 0. The van der Waals surface area contributed by atoms with Crippen molar-refractivity contribution in [3.63, 3.8) is 0 Å². The van der Waals surface area contributed by atoms with Gasteiger partial charge in [-0.1, -0.05) is 24.4 Å². The summed E-state index contributed by atoms with van der Waals surface area (Å²) in [7, 11) is -1.22. The van der Waals surface area contributed by atoms with Gasteiger partial charge in [0.15, 0.2) is 0 Å². The van der Waals surface area contributed by atoms with E-state index < -0.39 is 7.12 Å². The molecule has 1 heterocycles. The first-order chi connectivity index (χ1) is 12.9. The quantitative estimate of drug-likeness (QED) is 0.475. The van der Waals surface area contributed by atoms with Crippen molar-refractivity contribution in [2.75, 3.05) is 13.1 Å². The van der Waals surface area contributed by atoms with Crippen LogP contribution in [0, 0.1) is 5.92 Å². The summed E-state index contributed by atoms with van der Waals surface area (Å²) in [6.07, 6.45) is 5.07. The molecule has 148 valence electrons. The van der Waals surface area contributed by atoms with Gasteiger partial charge in [0.2, 0.25) is 0 Å². The number of unbranched alkanes of at least 4 members (excludes halogenated alkanes) is 1. The molecule has 4 N–H and O–H groups in total. The van der Waals surface area contributed by atoms with Gasteiger partial charge in [-0.25, -0.2) is 0 Å². The van der Waals surface area contributed by atoms with E-state index in [2.05, 4.69) is 0 Å². The van der Waals surface area contributed by atoms with Crippen LogP contribution < -0.4 is 5.73 Å². The van der Waals surface area contributed by atoms with Crippen LogP contribution in [0.3, 0.4) is 0 Å². The fraction of sp³-hybridized carbons (Fsp3) is 0.556. The van der Waals surface area contributed by atoms with E-state index in [0.717, 1.165) is 45.2 Å². The minimum Gasteiger partial charge on any atom is -0.427 e. The van der Waals surface area contributed by atoms with Crippen molar-refractivity contribution >= 4 is 30.8 Å². The Morgan fingerprint density at radius 1 is 1.22 bits per heavy atom. The van der Waals surface area contributed by atoms with Crippen LogP contribution in [0.4, 0.5) is 0 Å². The highest BCUT2D eigenvalue weighted by atomic mass is 35.5. The molecule has 0 aliphatic carbocycles. The number of amides is 1. The minimum absolute atomic E-state index is 0.0515. The topological polar surface area (TPSA) is 121 Å². The molecule has 0 bridgehead atoms. The maximum Gasteiger partial charge on any atom is 0.451 e. The predicted octanol–water partition coefficient (Wildman–Crippen LogP) is 1.58. The van der Waals surface area contributed by atoms with Crippen molar-refractivity contribution in [3.05, 3.63) is 34.9 Å². The standard InChI is InChI=1S/C17H26BClN2O3.CO2/c19-15-6-4-14(5-7-15)17(22)21-11-8-13(9-12-21)16(20)3-1-2-10-18(23)24;2-1-3/h4-7,13,16,23-24H,1-3,8-12,20H2;. The van der Waals surface area contributed by atoms with Crippen molar-refractivity contribution in [3.8, 4) is 0 Å². The van der Waals surface area contributed by atoms with E-state index in [-0.39, 0.29) is 18.1 Å². The molecular weight excluding hydrogens is 370 g/mol. The van der Waals surface area contributed by atoms with Crippen LogP contribution in [0.1, 0.15) is 42.5 Å². The second kappa shape index (κ2) is 12.6. The molecule has 2 rings (SSSR count). The Kier molecular flexibility index (Phi) is 10.9. The van der Waals surface area contributed by atoms with Gasteiger partial charge in [-0.15, -0.1) is 0 Å². The predicted molar refractivity (Wildman–Crippen MR) is 102 cm³/mol. The normalized spacial score (nSPS) is 15.3. The van der Waals surface area contributed by atoms with Gasteiger partial charge in [-0.2, -0.15) is 9.59 Å². The summed E-state index contributed by atoms with van der Waals surface area (Å²) in [6.45, 7) is 1.46. The van der Waals surface area contributed by atoms with Gasteiger partial charge in [-0.05, 0) is 55.8 Å². The third-order valence-electron chi connectivity index (χ3n) is 4.77. The van der Waals surface area contributed by atoms with E-state index in [1.165, 1.54) is 0 Å². The molecule has 0 radical (unpaired) electrons. The first kappa shape index (κ1) is 23.3. The minimum atomic E-state index is -1.22. The first-order valence-electron chi connectivity index (χ1n) is 9.04. The van der Waals surface area contributed by atoms with Crippen LogP contribution in [0.15, 0.2) is 24.3 Å². The summed E-state index contributed by atoms with van der Waals surface area (Å²) in [6, 6.07) is 7.12. The van der Waals surface area contributed by atoms with E-state index in [0.29, 0.717) is 22.8 Å². The molecule has 1 saturated heterocycles. The fourth-order valence-electron chi connectivity index (χ4n) is 3.25. The monoisotopic (exact) mass is 396 g/mol. The Hall–Kier alpha value is -1.70. The Morgan fingerprint density at radius 3 is 2.30 bits per heavy atom. The zero-order valence-electron chi connectivity index (χ0n) is 15.2. The summed E-state index contributed by atoms with van der Waals surface area (Å²) in [5, 5.41) is 18.3. The van der Waals surface area contributed by atoms with Crippen LogP contribution in [0.2, 0.25) is 11.3 Å². The average Bonchev–Trinajstić information content (AvgIpc) is 2.66. The highest BCUT2D eigenvalue weighted by Crippen LogP contribution is 2.24. The van der Waals surface area contributed by atoms with Crippen LogP contribution in [0.5, 0.6) is 0 Å². The smallest absolute Gasteiger partial charge is 0.427 e. The Labute approximate surface area is 164 Å². The molecule has 0 saturated carbocycles. The number of carbonyl (C=O) groups excluding carboxylic acids is 3. The van der Waals surface area contributed by atoms with Gasteiger partial charge < -0.3 is 20.7 Å². The number of nitrogens with zero attached hydrogens (tertiary/aromatic N) is 1. The molecular formula is C18H26BClN2O5. The van der Waals surface area contributed by atoms with E-state index in [1.54, 1.807) is 24.3 Å². The maximum absolute atomic E-state index is 12.5. The van der Waals surface area contributed by atoms with Crippen LogP contribution >= 0.6 is 11.6 Å². The number of benzene rings is 1. The van der Waals surface area contributed by atoms with Crippen LogP contribution in [-0.4, -0.2) is 53.3 Å². The molecule has 0 aromatic heterocycles. The third-order valence-corrected chi connectivity index (χ3v) is 5.03. The highest BCUT2D eigenvalue weighted by molar-refractivity contribution is 6.40. The molecule has 9 heteroatoms. The number of rotatable bonds is 7. The highest BCUT2D eigenvalue weighted by Gasteiger charge is 2.27. The van der Waals surface area contributed by atoms with Crippen LogP contribution in [0.25, 0.3) is 0 Å². The molecule has 1 aliphatic rings.